The minimum atomic E-state index is -1.27. The molecule has 1 aliphatic rings. The molecule has 1 saturated carbocycles. The van der Waals surface area contributed by atoms with Crippen LogP contribution in [0, 0.1) is 23.5 Å². The summed E-state index contributed by atoms with van der Waals surface area (Å²) in [7, 11) is 0. The molecule has 1 aromatic rings. The van der Waals surface area contributed by atoms with E-state index >= 15 is 0 Å². The van der Waals surface area contributed by atoms with E-state index in [1.54, 1.807) is 0 Å². The fourth-order valence-electron chi connectivity index (χ4n) is 2.01. The van der Waals surface area contributed by atoms with Gasteiger partial charge in [-0.2, -0.15) is 0 Å². The van der Waals surface area contributed by atoms with Gasteiger partial charge in [0.15, 0.2) is 0 Å². The number of amides is 1. The maximum absolute atomic E-state index is 13.7. The van der Waals surface area contributed by atoms with Crippen molar-refractivity contribution in [1.82, 2.24) is 5.32 Å². The van der Waals surface area contributed by atoms with Crippen molar-refractivity contribution in [3.63, 3.8) is 0 Å². The van der Waals surface area contributed by atoms with Gasteiger partial charge >= 0.3 is 29.6 Å². The molecule has 3 atom stereocenters. The smallest absolute Gasteiger partial charge is 0.550 e. The molecule has 108 valence electrons. The Kier molecular flexibility index (Phi) is 6.34. The predicted molar refractivity (Wildman–Crippen MR) is 67.2 cm³/mol. The fraction of sp³-hybridized carbons (Fsp3) is 0.385. The average molecular weight is 370 g/mol. The van der Waals surface area contributed by atoms with Gasteiger partial charge in [0.05, 0.1) is 10.5 Å². The number of halogens is 3. The zero-order valence-corrected chi connectivity index (χ0v) is 15.0. The van der Waals surface area contributed by atoms with E-state index in [1.165, 1.54) is 6.92 Å². The molecular weight excluding hydrogens is 359 g/mol. The molecule has 1 aliphatic carbocycles. The molecule has 0 aromatic heterocycles. The van der Waals surface area contributed by atoms with Gasteiger partial charge in [-0.25, -0.2) is 8.78 Å². The van der Waals surface area contributed by atoms with E-state index in [2.05, 4.69) is 21.2 Å². The van der Waals surface area contributed by atoms with Gasteiger partial charge in [-0.1, -0.05) is 0 Å². The molecule has 1 unspecified atom stereocenters. The summed E-state index contributed by atoms with van der Waals surface area (Å²) in [6.07, 6.45) is 0.220. The summed E-state index contributed by atoms with van der Waals surface area (Å²) >= 11 is 2.86. The molecule has 2 rings (SSSR count). The number of benzene rings is 1. The van der Waals surface area contributed by atoms with E-state index in [-0.39, 0.29) is 46.0 Å². The van der Waals surface area contributed by atoms with E-state index in [0.29, 0.717) is 0 Å². The van der Waals surface area contributed by atoms with Crippen molar-refractivity contribution in [3.05, 3.63) is 33.8 Å². The van der Waals surface area contributed by atoms with E-state index in [1.807, 2.05) is 0 Å². The number of nitrogens with one attached hydrogen (secondary N) is 1. The van der Waals surface area contributed by atoms with Gasteiger partial charge in [-0.05, 0) is 41.4 Å². The Bertz CT molecular complexity index is 585. The first-order chi connectivity index (χ1) is 9.31. The Labute approximate surface area is 150 Å². The minimum Gasteiger partial charge on any atom is -0.550 e. The third-order valence-electron chi connectivity index (χ3n) is 3.29. The minimum absolute atomic E-state index is 0. The number of hydrogen-bond acceptors (Lipinski definition) is 3. The average Bonchev–Trinajstić information content (AvgIpc) is 3.13. The molecule has 1 fully saturated rings. The molecular formula is C13H11BrF2NNaO3. The molecule has 0 heterocycles. The van der Waals surface area contributed by atoms with Crippen LogP contribution >= 0.6 is 15.9 Å². The first-order valence-corrected chi connectivity index (χ1v) is 6.76. The van der Waals surface area contributed by atoms with Crippen molar-refractivity contribution >= 4 is 27.8 Å². The second-order valence-corrected chi connectivity index (χ2v) is 5.64. The summed E-state index contributed by atoms with van der Waals surface area (Å²) in [4.78, 5) is 22.3. The second kappa shape index (κ2) is 7.17. The zero-order chi connectivity index (χ0) is 15.0. The molecule has 1 N–H and O–H groups in total. The summed E-state index contributed by atoms with van der Waals surface area (Å²) in [5.41, 5.74) is 0.00435. The third kappa shape index (κ3) is 4.25. The van der Waals surface area contributed by atoms with Crippen LogP contribution in [0.15, 0.2) is 16.6 Å². The molecule has 4 nitrogen and oxygen atoms in total. The van der Waals surface area contributed by atoms with Crippen LogP contribution in [0.3, 0.4) is 0 Å². The fourth-order valence-corrected chi connectivity index (χ4v) is 2.33. The molecule has 8 heteroatoms. The number of carboxylic acids is 1. The van der Waals surface area contributed by atoms with Crippen LogP contribution in [0.25, 0.3) is 0 Å². The van der Waals surface area contributed by atoms with E-state index in [4.69, 9.17) is 0 Å². The topological polar surface area (TPSA) is 69.2 Å². The normalized spacial score (nSPS) is 21.1. The number of hydrogen-bond donors (Lipinski definition) is 1. The number of carbonyl (C=O) groups excluding carboxylic acids is 2. The summed E-state index contributed by atoms with van der Waals surface area (Å²) in [6, 6.07) is 1.22. The molecule has 1 amide bonds. The maximum atomic E-state index is 13.7. The Morgan fingerprint density at radius 2 is 1.95 bits per heavy atom. The molecule has 0 spiro atoms. The van der Waals surface area contributed by atoms with Crippen LogP contribution in [0.5, 0.6) is 0 Å². The molecule has 0 saturated heterocycles. The van der Waals surface area contributed by atoms with E-state index < -0.39 is 41.4 Å². The van der Waals surface area contributed by atoms with Crippen molar-refractivity contribution < 1.29 is 53.0 Å². The largest absolute Gasteiger partial charge is 1.00 e. The van der Waals surface area contributed by atoms with Gasteiger partial charge in [-0.15, -0.1) is 0 Å². The first-order valence-electron chi connectivity index (χ1n) is 5.97. The third-order valence-corrected chi connectivity index (χ3v) is 3.90. The van der Waals surface area contributed by atoms with Crippen molar-refractivity contribution in [2.45, 2.75) is 19.4 Å². The van der Waals surface area contributed by atoms with E-state index in [9.17, 15) is 23.5 Å². The molecule has 21 heavy (non-hydrogen) atoms. The zero-order valence-electron chi connectivity index (χ0n) is 11.5. The SMILES string of the molecule is CC(NC(=O)[C@@H]1C[C@@H]1C(=O)[O-])c1cc(F)c(Br)cc1F.[Na+]. The Morgan fingerprint density at radius 1 is 1.33 bits per heavy atom. The van der Waals surface area contributed by atoms with Gasteiger partial charge in [-0.3, -0.25) is 4.79 Å². The summed E-state index contributed by atoms with van der Waals surface area (Å²) < 4.78 is 27.1. The van der Waals surface area contributed by atoms with Crippen molar-refractivity contribution in [2.24, 2.45) is 11.8 Å². The quantitative estimate of drug-likeness (QED) is 0.507. The Balaban J connectivity index is 0.00000220. The van der Waals surface area contributed by atoms with Gasteiger partial charge in [0.25, 0.3) is 0 Å². The monoisotopic (exact) mass is 369 g/mol. The van der Waals surface area contributed by atoms with Crippen LogP contribution in [0.2, 0.25) is 0 Å². The van der Waals surface area contributed by atoms with Gasteiger partial charge < -0.3 is 15.2 Å². The van der Waals surface area contributed by atoms with Gasteiger partial charge in [0, 0.05) is 23.4 Å². The summed E-state index contributed by atoms with van der Waals surface area (Å²) in [5.74, 6) is -4.48. The Hall–Kier alpha value is -0.500. The molecule has 0 bridgehead atoms. The standard InChI is InChI=1S/C13H12BrF2NO3.Na/c1-5(6-3-11(16)9(14)4-10(6)15)17-12(18)7-2-8(7)13(19)20;/h3-5,7-8H,2H2,1H3,(H,17,18)(H,19,20);/q;+1/p-1/t5?,7-,8+;/m1./s1. The maximum Gasteiger partial charge on any atom is 1.00 e. The summed E-state index contributed by atoms with van der Waals surface area (Å²) in [6.45, 7) is 1.50. The van der Waals surface area contributed by atoms with Crippen LogP contribution in [-0.4, -0.2) is 11.9 Å². The number of rotatable bonds is 4. The van der Waals surface area contributed by atoms with Crippen molar-refractivity contribution in [2.75, 3.05) is 0 Å². The molecule has 1 aromatic carbocycles. The second-order valence-electron chi connectivity index (χ2n) is 4.79. The van der Waals surface area contributed by atoms with Crippen LogP contribution in [-0.2, 0) is 9.59 Å². The summed E-state index contributed by atoms with van der Waals surface area (Å²) in [5, 5.41) is 13.0. The number of aliphatic carboxylic acids is 1. The van der Waals surface area contributed by atoms with Crippen molar-refractivity contribution in [1.29, 1.82) is 0 Å². The molecule has 0 aliphatic heterocycles. The Morgan fingerprint density at radius 3 is 2.48 bits per heavy atom. The van der Waals surface area contributed by atoms with Gasteiger partial charge in [0.2, 0.25) is 5.91 Å². The van der Waals surface area contributed by atoms with E-state index in [0.717, 1.165) is 12.1 Å². The predicted octanol–water partition coefficient (Wildman–Crippen LogP) is -1.71. The van der Waals surface area contributed by atoms with Crippen LogP contribution in [0.1, 0.15) is 24.9 Å². The van der Waals surface area contributed by atoms with Crippen LogP contribution < -0.4 is 40.0 Å². The first kappa shape index (κ1) is 18.5. The molecule has 0 radical (unpaired) electrons. The van der Waals surface area contributed by atoms with Gasteiger partial charge in [0.1, 0.15) is 11.6 Å². The number of carboxylic acid groups (broad SMARTS) is 1. The number of carbonyl (C=O) groups is 2. The van der Waals surface area contributed by atoms with Crippen molar-refractivity contribution in [3.8, 4) is 0 Å². The van der Waals surface area contributed by atoms with Crippen LogP contribution in [0.4, 0.5) is 8.78 Å².